The first-order valence-electron chi connectivity index (χ1n) is 6.11. The van der Waals surface area contributed by atoms with Crippen LogP contribution >= 0.6 is 0 Å². The summed E-state index contributed by atoms with van der Waals surface area (Å²) >= 11 is 0. The molecule has 0 aliphatic rings. The third-order valence-corrected chi connectivity index (χ3v) is 2.60. The first-order chi connectivity index (χ1) is 7.83. The number of pyridine rings is 1. The summed E-state index contributed by atoms with van der Waals surface area (Å²) in [5, 5.41) is 3.34. The molecule has 3 heteroatoms. The SMILES string of the molecule is CCNCCCCN(C)Cc1ccncc1. The fraction of sp³-hybridized carbons (Fsp3) is 0.615. The Labute approximate surface area is 98.9 Å². The predicted molar refractivity (Wildman–Crippen MR) is 68.3 cm³/mol. The highest BCUT2D eigenvalue weighted by Crippen LogP contribution is 2.02. The number of nitrogens with one attached hydrogen (secondary N) is 1. The Bertz CT molecular complexity index is 261. The summed E-state index contributed by atoms with van der Waals surface area (Å²) in [4.78, 5) is 6.38. The van der Waals surface area contributed by atoms with Gasteiger partial charge >= 0.3 is 0 Å². The van der Waals surface area contributed by atoms with E-state index in [2.05, 4.69) is 41.3 Å². The smallest absolute Gasteiger partial charge is 0.0271 e. The number of unbranched alkanes of at least 4 members (excludes halogenated alkanes) is 1. The number of aromatic nitrogens is 1. The van der Waals surface area contributed by atoms with E-state index in [1.165, 1.54) is 18.4 Å². The van der Waals surface area contributed by atoms with Crippen LogP contribution in [0.1, 0.15) is 25.3 Å². The van der Waals surface area contributed by atoms with E-state index in [1.807, 2.05) is 12.4 Å². The second kappa shape index (κ2) is 8.25. The molecule has 1 N–H and O–H groups in total. The van der Waals surface area contributed by atoms with Crippen molar-refractivity contribution in [2.45, 2.75) is 26.3 Å². The van der Waals surface area contributed by atoms with Crippen molar-refractivity contribution < 1.29 is 0 Å². The molecule has 0 aromatic carbocycles. The fourth-order valence-electron chi connectivity index (χ4n) is 1.69. The van der Waals surface area contributed by atoms with Crippen LogP contribution in [-0.4, -0.2) is 36.6 Å². The van der Waals surface area contributed by atoms with Crippen molar-refractivity contribution in [2.75, 3.05) is 26.7 Å². The lowest BCUT2D eigenvalue weighted by molar-refractivity contribution is 0.318. The summed E-state index contributed by atoms with van der Waals surface area (Å²) in [5.74, 6) is 0. The lowest BCUT2D eigenvalue weighted by atomic mass is 10.2. The summed E-state index contributed by atoms with van der Waals surface area (Å²) in [6.45, 7) is 6.54. The van der Waals surface area contributed by atoms with Crippen LogP contribution in [0, 0.1) is 0 Å². The van der Waals surface area contributed by atoms with Crippen LogP contribution in [0.15, 0.2) is 24.5 Å². The lowest BCUT2D eigenvalue weighted by Crippen LogP contribution is -2.21. The van der Waals surface area contributed by atoms with E-state index in [0.717, 1.165) is 26.2 Å². The molecule has 0 amide bonds. The molecule has 90 valence electrons. The molecule has 0 saturated carbocycles. The van der Waals surface area contributed by atoms with E-state index in [4.69, 9.17) is 0 Å². The average Bonchev–Trinajstić information content (AvgIpc) is 2.30. The van der Waals surface area contributed by atoms with Crippen molar-refractivity contribution in [2.24, 2.45) is 0 Å². The molecule has 0 aliphatic carbocycles. The van der Waals surface area contributed by atoms with Gasteiger partial charge in [-0.2, -0.15) is 0 Å². The van der Waals surface area contributed by atoms with Gasteiger partial charge in [-0.15, -0.1) is 0 Å². The second-order valence-corrected chi connectivity index (χ2v) is 4.15. The summed E-state index contributed by atoms with van der Waals surface area (Å²) in [6.07, 6.45) is 6.23. The van der Waals surface area contributed by atoms with E-state index >= 15 is 0 Å². The molecule has 0 fully saturated rings. The van der Waals surface area contributed by atoms with Gasteiger partial charge in [0.15, 0.2) is 0 Å². The highest BCUT2D eigenvalue weighted by molar-refractivity contribution is 5.09. The maximum absolute atomic E-state index is 4.02. The van der Waals surface area contributed by atoms with Crippen molar-refractivity contribution in [3.63, 3.8) is 0 Å². The molecule has 0 saturated heterocycles. The number of nitrogens with zero attached hydrogens (tertiary/aromatic N) is 2. The van der Waals surface area contributed by atoms with Crippen LogP contribution in [0.3, 0.4) is 0 Å². The van der Waals surface area contributed by atoms with Crippen molar-refractivity contribution in [1.82, 2.24) is 15.2 Å². The average molecular weight is 221 g/mol. The molecule has 0 unspecified atom stereocenters. The molecule has 0 spiro atoms. The lowest BCUT2D eigenvalue weighted by Gasteiger charge is -2.16. The molecule has 1 heterocycles. The Morgan fingerprint density at radius 3 is 2.69 bits per heavy atom. The number of hydrogen-bond acceptors (Lipinski definition) is 3. The standard InChI is InChI=1S/C13H23N3/c1-3-14-8-4-5-11-16(2)12-13-6-9-15-10-7-13/h6-7,9-10,14H,3-5,8,11-12H2,1-2H3. The third kappa shape index (κ3) is 5.83. The van der Waals surface area contributed by atoms with Crippen LogP contribution in [-0.2, 0) is 6.54 Å². The molecule has 1 aromatic rings. The van der Waals surface area contributed by atoms with Gasteiger partial charge in [0, 0.05) is 18.9 Å². The van der Waals surface area contributed by atoms with Crippen LogP contribution in [0.5, 0.6) is 0 Å². The van der Waals surface area contributed by atoms with E-state index in [-0.39, 0.29) is 0 Å². The van der Waals surface area contributed by atoms with Crippen LogP contribution in [0.2, 0.25) is 0 Å². The van der Waals surface area contributed by atoms with Crippen LogP contribution < -0.4 is 5.32 Å². The summed E-state index contributed by atoms with van der Waals surface area (Å²) in [6, 6.07) is 4.16. The van der Waals surface area contributed by atoms with E-state index in [1.54, 1.807) is 0 Å². The number of rotatable bonds is 8. The minimum absolute atomic E-state index is 1.02. The van der Waals surface area contributed by atoms with Gasteiger partial charge in [-0.05, 0) is 57.2 Å². The van der Waals surface area contributed by atoms with Crippen molar-refractivity contribution in [1.29, 1.82) is 0 Å². The predicted octanol–water partition coefficient (Wildman–Crippen LogP) is 1.90. The van der Waals surface area contributed by atoms with E-state index in [9.17, 15) is 0 Å². The molecule has 0 atom stereocenters. The summed E-state index contributed by atoms with van der Waals surface area (Å²) < 4.78 is 0. The van der Waals surface area contributed by atoms with Gasteiger partial charge in [0.25, 0.3) is 0 Å². The minimum atomic E-state index is 1.02. The van der Waals surface area contributed by atoms with Gasteiger partial charge in [-0.1, -0.05) is 6.92 Å². The highest BCUT2D eigenvalue weighted by Gasteiger charge is 1.99. The van der Waals surface area contributed by atoms with Gasteiger partial charge in [0.2, 0.25) is 0 Å². The van der Waals surface area contributed by atoms with Gasteiger partial charge in [0.05, 0.1) is 0 Å². The molecule has 1 aromatic heterocycles. The van der Waals surface area contributed by atoms with Gasteiger partial charge in [-0.3, -0.25) is 4.98 Å². The Morgan fingerprint density at radius 2 is 2.00 bits per heavy atom. The first-order valence-corrected chi connectivity index (χ1v) is 6.11. The zero-order chi connectivity index (χ0) is 11.6. The van der Waals surface area contributed by atoms with Gasteiger partial charge < -0.3 is 10.2 Å². The minimum Gasteiger partial charge on any atom is -0.317 e. The molecular formula is C13H23N3. The monoisotopic (exact) mass is 221 g/mol. The molecule has 0 bridgehead atoms. The van der Waals surface area contributed by atoms with Crippen LogP contribution in [0.25, 0.3) is 0 Å². The van der Waals surface area contributed by atoms with Crippen LogP contribution in [0.4, 0.5) is 0 Å². The van der Waals surface area contributed by atoms with Gasteiger partial charge in [-0.25, -0.2) is 0 Å². The quantitative estimate of drug-likeness (QED) is 0.680. The highest BCUT2D eigenvalue weighted by atomic mass is 15.1. The topological polar surface area (TPSA) is 28.2 Å². The summed E-state index contributed by atoms with van der Waals surface area (Å²) in [5.41, 5.74) is 1.34. The zero-order valence-electron chi connectivity index (χ0n) is 10.4. The van der Waals surface area contributed by atoms with Crippen molar-refractivity contribution in [3.8, 4) is 0 Å². The molecule has 16 heavy (non-hydrogen) atoms. The normalized spacial score (nSPS) is 10.9. The van der Waals surface area contributed by atoms with Gasteiger partial charge in [0.1, 0.15) is 0 Å². The fourth-order valence-corrected chi connectivity index (χ4v) is 1.69. The van der Waals surface area contributed by atoms with E-state index in [0.29, 0.717) is 0 Å². The van der Waals surface area contributed by atoms with Crippen molar-refractivity contribution in [3.05, 3.63) is 30.1 Å². The third-order valence-electron chi connectivity index (χ3n) is 2.60. The first kappa shape index (κ1) is 13.1. The van der Waals surface area contributed by atoms with Crippen molar-refractivity contribution >= 4 is 0 Å². The maximum atomic E-state index is 4.02. The van der Waals surface area contributed by atoms with E-state index < -0.39 is 0 Å². The second-order valence-electron chi connectivity index (χ2n) is 4.15. The largest absolute Gasteiger partial charge is 0.317 e. The molecule has 0 radical (unpaired) electrons. The Kier molecular flexibility index (Phi) is 6.77. The zero-order valence-corrected chi connectivity index (χ0v) is 10.4. The summed E-state index contributed by atoms with van der Waals surface area (Å²) in [7, 11) is 2.17. The number of hydrogen-bond donors (Lipinski definition) is 1. The molecular weight excluding hydrogens is 198 g/mol. The Morgan fingerprint density at radius 1 is 1.25 bits per heavy atom. The Hall–Kier alpha value is -0.930. The molecule has 3 nitrogen and oxygen atoms in total. The Balaban J connectivity index is 2.09. The maximum Gasteiger partial charge on any atom is 0.0271 e. The molecule has 0 aliphatic heterocycles. The molecule has 1 rings (SSSR count).